The van der Waals surface area contributed by atoms with Gasteiger partial charge in [-0.05, 0) is 31.0 Å². The minimum atomic E-state index is -1.00. The number of benzene rings is 1. The van der Waals surface area contributed by atoms with Gasteiger partial charge in [-0.2, -0.15) is 0 Å². The molecule has 1 amide bonds. The molecule has 0 spiro atoms. The lowest BCUT2D eigenvalue weighted by atomic mass is 9.99. The van der Waals surface area contributed by atoms with Gasteiger partial charge >= 0.3 is 5.97 Å². The normalized spacial score (nSPS) is 13.8. The Labute approximate surface area is 129 Å². The van der Waals surface area contributed by atoms with Crippen LogP contribution in [-0.2, 0) is 11.8 Å². The second-order valence-corrected chi connectivity index (χ2v) is 5.83. The summed E-state index contributed by atoms with van der Waals surface area (Å²) in [6.07, 6.45) is 0.686. The molecule has 2 aromatic rings. The third kappa shape index (κ3) is 2.98. The second kappa shape index (κ2) is 6.22. The van der Waals surface area contributed by atoms with Crippen LogP contribution in [0.1, 0.15) is 36.3 Å². The van der Waals surface area contributed by atoms with E-state index in [0.717, 1.165) is 16.5 Å². The molecule has 5 nitrogen and oxygen atoms in total. The molecule has 22 heavy (non-hydrogen) atoms. The van der Waals surface area contributed by atoms with Crippen LogP contribution in [0.15, 0.2) is 24.3 Å². The Kier molecular flexibility index (Phi) is 4.54. The first kappa shape index (κ1) is 16.1. The summed E-state index contributed by atoms with van der Waals surface area (Å²) in [4.78, 5) is 23.8. The molecule has 118 valence electrons. The van der Waals surface area contributed by atoms with E-state index in [1.54, 1.807) is 10.6 Å². The maximum atomic E-state index is 12.5. The molecule has 5 heteroatoms. The van der Waals surface area contributed by atoms with Crippen LogP contribution in [0.5, 0.6) is 0 Å². The van der Waals surface area contributed by atoms with E-state index in [0.29, 0.717) is 12.1 Å². The number of carbonyl (C=O) groups excluding carboxylic acids is 1. The highest BCUT2D eigenvalue weighted by Crippen LogP contribution is 2.20. The first-order valence-electron chi connectivity index (χ1n) is 7.45. The van der Waals surface area contributed by atoms with Gasteiger partial charge in [0, 0.05) is 18.0 Å². The number of aryl methyl sites for hydroxylation is 2. The highest BCUT2D eigenvalue weighted by atomic mass is 16.4. The maximum absolute atomic E-state index is 12.5. The molecule has 2 rings (SSSR count). The van der Waals surface area contributed by atoms with Gasteiger partial charge in [-0.25, -0.2) is 4.79 Å². The van der Waals surface area contributed by atoms with E-state index in [1.165, 1.54) is 0 Å². The molecule has 2 N–H and O–H groups in total. The molecule has 2 atom stereocenters. The lowest BCUT2D eigenvalue weighted by Crippen LogP contribution is -2.45. The molecule has 0 aliphatic heterocycles. The molecular formula is C17H22N2O3. The van der Waals surface area contributed by atoms with Crippen molar-refractivity contribution < 1.29 is 14.7 Å². The van der Waals surface area contributed by atoms with E-state index >= 15 is 0 Å². The van der Waals surface area contributed by atoms with E-state index in [-0.39, 0.29) is 11.8 Å². The molecule has 0 fully saturated rings. The van der Waals surface area contributed by atoms with Gasteiger partial charge in [0.15, 0.2) is 0 Å². The zero-order valence-corrected chi connectivity index (χ0v) is 13.4. The van der Waals surface area contributed by atoms with Crippen molar-refractivity contribution in [1.29, 1.82) is 0 Å². The number of carboxylic acids is 1. The number of rotatable bonds is 5. The zero-order valence-electron chi connectivity index (χ0n) is 13.4. The number of hydrogen-bond donors (Lipinski definition) is 2. The number of aromatic nitrogens is 1. The molecule has 1 aromatic carbocycles. The van der Waals surface area contributed by atoms with E-state index in [4.69, 9.17) is 0 Å². The molecule has 0 unspecified atom stereocenters. The summed E-state index contributed by atoms with van der Waals surface area (Å²) in [7, 11) is 1.81. The van der Waals surface area contributed by atoms with Crippen molar-refractivity contribution in [2.24, 2.45) is 13.0 Å². The number of fused-ring (bicyclic) bond motifs is 1. The number of amides is 1. The van der Waals surface area contributed by atoms with Crippen molar-refractivity contribution in [1.82, 2.24) is 9.88 Å². The molecule has 1 aromatic heterocycles. The van der Waals surface area contributed by atoms with Crippen LogP contribution in [0, 0.1) is 12.8 Å². The van der Waals surface area contributed by atoms with Crippen LogP contribution in [0.2, 0.25) is 0 Å². The Balaban J connectivity index is 2.33. The lowest BCUT2D eigenvalue weighted by molar-refractivity contribution is -0.140. The van der Waals surface area contributed by atoms with E-state index in [1.807, 2.05) is 46.0 Å². The van der Waals surface area contributed by atoms with E-state index in [9.17, 15) is 14.7 Å². The Morgan fingerprint density at radius 2 is 2.00 bits per heavy atom. The van der Waals surface area contributed by atoms with Gasteiger partial charge in [0.05, 0.1) is 0 Å². The molecule has 0 radical (unpaired) electrons. The van der Waals surface area contributed by atoms with E-state index in [2.05, 4.69) is 5.32 Å². The smallest absolute Gasteiger partial charge is 0.326 e. The highest BCUT2D eigenvalue weighted by molar-refractivity contribution is 6.00. The van der Waals surface area contributed by atoms with Crippen molar-refractivity contribution in [3.63, 3.8) is 0 Å². The molecular weight excluding hydrogens is 280 g/mol. The van der Waals surface area contributed by atoms with Crippen molar-refractivity contribution in [2.45, 2.75) is 33.2 Å². The van der Waals surface area contributed by atoms with Gasteiger partial charge < -0.3 is 15.0 Å². The minimum absolute atomic E-state index is 0.127. The zero-order chi connectivity index (χ0) is 16.4. The van der Waals surface area contributed by atoms with Gasteiger partial charge in [0.2, 0.25) is 0 Å². The monoisotopic (exact) mass is 302 g/mol. The minimum Gasteiger partial charge on any atom is -0.480 e. The summed E-state index contributed by atoms with van der Waals surface area (Å²) in [5.74, 6) is -1.49. The van der Waals surface area contributed by atoms with Crippen molar-refractivity contribution in [3.8, 4) is 0 Å². The highest BCUT2D eigenvalue weighted by Gasteiger charge is 2.26. The van der Waals surface area contributed by atoms with E-state index < -0.39 is 12.0 Å². The topological polar surface area (TPSA) is 71.3 Å². The SMILES string of the molecule is CC[C@@H](C)[C@H](NC(=O)c1cc2cc(C)ccc2n1C)C(=O)O. The fourth-order valence-electron chi connectivity index (χ4n) is 2.59. The number of aliphatic carboxylic acids is 1. The molecule has 0 aliphatic carbocycles. The van der Waals surface area contributed by atoms with Crippen LogP contribution in [0.4, 0.5) is 0 Å². The molecule has 0 aliphatic rings. The third-order valence-corrected chi connectivity index (χ3v) is 4.20. The second-order valence-electron chi connectivity index (χ2n) is 5.83. The first-order valence-corrected chi connectivity index (χ1v) is 7.45. The van der Waals surface area contributed by atoms with Crippen molar-refractivity contribution in [3.05, 3.63) is 35.5 Å². The molecule has 0 saturated heterocycles. The summed E-state index contributed by atoms with van der Waals surface area (Å²) < 4.78 is 1.79. The first-order chi connectivity index (χ1) is 10.3. The quantitative estimate of drug-likeness (QED) is 0.892. The Hall–Kier alpha value is -2.30. The predicted molar refractivity (Wildman–Crippen MR) is 86.0 cm³/mol. The van der Waals surface area contributed by atoms with Crippen LogP contribution < -0.4 is 5.32 Å². The fraction of sp³-hybridized carbons (Fsp3) is 0.412. The number of nitrogens with zero attached hydrogens (tertiary/aromatic N) is 1. The summed E-state index contributed by atoms with van der Waals surface area (Å²) in [5.41, 5.74) is 2.54. The summed E-state index contributed by atoms with van der Waals surface area (Å²) in [6, 6.07) is 6.88. The van der Waals surface area contributed by atoms with Crippen LogP contribution in [-0.4, -0.2) is 27.6 Å². The van der Waals surface area contributed by atoms with Crippen molar-refractivity contribution in [2.75, 3.05) is 0 Å². The third-order valence-electron chi connectivity index (χ3n) is 4.20. The van der Waals surface area contributed by atoms with Gasteiger partial charge in [-0.3, -0.25) is 4.79 Å². The molecule has 1 heterocycles. The molecule has 0 bridgehead atoms. The van der Waals surface area contributed by atoms with Gasteiger partial charge in [0.25, 0.3) is 5.91 Å². The predicted octanol–water partition coefficient (Wildman–Crippen LogP) is 2.72. The Morgan fingerprint density at radius 1 is 1.32 bits per heavy atom. The summed E-state index contributed by atoms with van der Waals surface area (Å²) >= 11 is 0. The fourth-order valence-corrected chi connectivity index (χ4v) is 2.59. The Morgan fingerprint density at radius 3 is 2.59 bits per heavy atom. The van der Waals surface area contributed by atoms with Gasteiger partial charge in [0.1, 0.15) is 11.7 Å². The average molecular weight is 302 g/mol. The van der Waals surface area contributed by atoms with Crippen LogP contribution in [0.25, 0.3) is 10.9 Å². The number of nitrogens with one attached hydrogen (secondary N) is 1. The largest absolute Gasteiger partial charge is 0.480 e. The standard InChI is InChI=1S/C17H22N2O3/c1-5-11(3)15(17(21)22)18-16(20)14-9-12-8-10(2)6-7-13(12)19(14)4/h6-9,11,15H,5H2,1-4H3,(H,18,20)(H,21,22)/t11-,15+/m1/s1. The Bertz CT molecular complexity index is 718. The van der Waals surface area contributed by atoms with Crippen molar-refractivity contribution >= 4 is 22.8 Å². The lowest BCUT2D eigenvalue weighted by Gasteiger charge is -2.20. The summed E-state index contributed by atoms with van der Waals surface area (Å²) in [5, 5.41) is 12.9. The van der Waals surface area contributed by atoms with Crippen LogP contribution in [0.3, 0.4) is 0 Å². The van der Waals surface area contributed by atoms with Crippen LogP contribution >= 0.6 is 0 Å². The van der Waals surface area contributed by atoms with Gasteiger partial charge in [-0.1, -0.05) is 31.9 Å². The molecule has 0 saturated carbocycles. The maximum Gasteiger partial charge on any atom is 0.326 e. The van der Waals surface area contributed by atoms with Gasteiger partial charge in [-0.15, -0.1) is 0 Å². The number of carbonyl (C=O) groups is 2. The number of carboxylic acid groups (broad SMARTS) is 1. The number of hydrogen-bond acceptors (Lipinski definition) is 2. The average Bonchev–Trinajstić information content (AvgIpc) is 2.79. The summed E-state index contributed by atoms with van der Waals surface area (Å²) in [6.45, 7) is 5.73.